The van der Waals surface area contributed by atoms with E-state index in [0.717, 1.165) is 5.56 Å². The molecule has 0 aliphatic heterocycles. The molecule has 0 atom stereocenters. The van der Waals surface area contributed by atoms with E-state index in [-0.39, 0.29) is 24.8 Å². The Balaban J connectivity index is 1.85. The lowest BCUT2D eigenvalue weighted by Crippen LogP contribution is -2.16. The molecule has 0 saturated heterocycles. The van der Waals surface area contributed by atoms with Gasteiger partial charge in [0.05, 0.1) is 24.4 Å². The van der Waals surface area contributed by atoms with Gasteiger partial charge in [0.25, 0.3) is 0 Å². The fourth-order valence-corrected chi connectivity index (χ4v) is 1.81. The highest BCUT2D eigenvalue weighted by Crippen LogP contribution is 2.19. The summed E-state index contributed by atoms with van der Waals surface area (Å²) in [5.41, 5.74) is 7.64. The van der Waals surface area contributed by atoms with Crippen LogP contribution in [0.1, 0.15) is 12.0 Å². The number of halogens is 1. The third-order valence-corrected chi connectivity index (χ3v) is 2.97. The summed E-state index contributed by atoms with van der Waals surface area (Å²) in [5, 5.41) is 2.70. The first-order valence-electron chi connectivity index (χ1n) is 6.59. The fourth-order valence-electron chi connectivity index (χ4n) is 1.81. The Kier molecular flexibility index (Phi) is 4.77. The lowest BCUT2D eigenvalue weighted by Gasteiger charge is -2.10. The van der Waals surface area contributed by atoms with Gasteiger partial charge in [-0.2, -0.15) is 0 Å². The summed E-state index contributed by atoms with van der Waals surface area (Å²) in [5.74, 6) is -0.124. The minimum atomic E-state index is -0.364. The van der Waals surface area contributed by atoms with Crippen LogP contribution in [-0.2, 0) is 4.79 Å². The molecular formula is C16H17FN2O2. The number of nitrogens with two attached hydrogens (primary N) is 1. The van der Waals surface area contributed by atoms with Gasteiger partial charge in [-0.15, -0.1) is 0 Å². The molecule has 0 saturated carbocycles. The van der Waals surface area contributed by atoms with E-state index >= 15 is 0 Å². The molecule has 1 amide bonds. The first-order chi connectivity index (χ1) is 10.1. The van der Waals surface area contributed by atoms with Crippen LogP contribution in [0.3, 0.4) is 0 Å². The van der Waals surface area contributed by atoms with Crippen molar-refractivity contribution in [3.8, 4) is 5.75 Å². The molecule has 0 aliphatic carbocycles. The van der Waals surface area contributed by atoms with E-state index in [1.54, 1.807) is 30.3 Å². The number of nitrogen functional groups attached to an aromatic ring is 1. The van der Waals surface area contributed by atoms with Crippen molar-refractivity contribution in [1.29, 1.82) is 0 Å². The molecule has 0 heterocycles. The molecule has 5 heteroatoms. The number of anilines is 2. The largest absolute Gasteiger partial charge is 0.493 e. The molecule has 0 fully saturated rings. The fraction of sp³-hybridized carbons (Fsp3) is 0.188. The lowest BCUT2D eigenvalue weighted by molar-refractivity contribution is -0.116. The van der Waals surface area contributed by atoms with Gasteiger partial charge in [-0.3, -0.25) is 4.79 Å². The van der Waals surface area contributed by atoms with Crippen molar-refractivity contribution < 1.29 is 13.9 Å². The summed E-state index contributed by atoms with van der Waals surface area (Å²) in [4.78, 5) is 11.8. The Morgan fingerprint density at radius 3 is 2.81 bits per heavy atom. The second-order valence-corrected chi connectivity index (χ2v) is 4.64. The van der Waals surface area contributed by atoms with Gasteiger partial charge >= 0.3 is 0 Å². The highest BCUT2D eigenvalue weighted by Gasteiger charge is 2.06. The molecule has 0 aromatic heterocycles. The number of hydrogen-bond donors (Lipinski definition) is 2. The van der Waals surface area contributed by atoms with Crippen molar-refractivity contribution in [1.82, 2.24) is 0 Å². The van der Waals surface area contributed by atoms with Crippen LogP contribution in [0, 0.1) is 12.7 Å². The zero-order valence-corrected chi connectivity index (χ0v) is 11.7. The van der Waals surface area contributed by atoms with Crippen molar-refractivity contribution in [2.24, 2.45) is 0 Å². The van der Waals surface area contributed by atoms with Gasteiger partial charge in [-0.25, -0.2) is 4.39 Å². The number of nitrogens with one attached hydrogen (secondary N) is 1. The van der Waals surface area contributed by atoms with Crippen LogP contribution in [-0.4, -0.2) is 12.5 Å². The van der Waals surface area contributed by atoms with E-state index in [9.17, 15) is 9.18 Å². The lowest BCUT2D eigenvalue weighted by atomic mass is 10.2. The second kappa shape index (κ2) is 6.74. The van der Waals surface area contributed by atoms with E-state index in [2.05, 4.69) is 5.32 Å². The van der Waals surface area contributed by atoms with Gasteiger partial charge in [0.15, 0.2) is 0 Å². The molecule has 4 nitrogen and oxygen atoms in total. The number of carbonyl (C=O) groups excluding carboxylic acids is 1. The summed E-state index contributed by atoms with van der Waals surface area (Å²) in [6.07, 6.45) is 0.157. The van der Waals surface area contributed by atoms with Crippen LogP contribution >= 0.6 is 0 Å². The number of rotatable bonds is 5. The zero-order valence-electron chi connectivity index (χ0n) is 11.7. The van der Waals surface area contributed by atoms with E-state index in [0.29, 0.717) is 17.1 Å². The Bertz CT molecular complexity index is 644. The van der Waals surface area contributed by atoms with Gasteiger partial charge in [0.2, 0.25) is 5.91 Å². The first-order valence-corrected chi connectivity index (χ1v) is 6.59. The molecule has 110 valence electrons. The molecule has 0 unspecified atom stereocenters. The number of carbonyl (C=O) groups is 1. The maximum Gasteiger partial charge on any atom is 0.227 e. The predicted octanol–water partition coefficient (Wildman–Crippen LogP) is 3.12. The summed E-state index contributed by atoms with van der Waals surface area (Å²) < 4.78 is 18.5. The summed E-state index contributed by atoms with van der Waals surface area (Å²) in [7, 11) is 0. The molecule has 0 aliphatic rings. The van der Waals surface area contributed by atoms with E-state index in [1.165, 1.54) is 12.1 Å². The average Bonchev–Trinajstić information content (AvgIpc) is 2.45. The van der Waals surface area contributed by atoms with Gasteiger partial charge in [0.1, 0.15) is 11.6 Å². The van der Waals surface area contributed by atoms with Gasteiger partial charge in [0, 0.05) is 6.07 Å². The highest BCUT2D eigenvalue weighted by atomic mass is 19.1. The monoisotopic (exact) mass is 288 g/mol. The molecule has 3 N–H and O–H groups in total. The Morgan fingerprint density at radius 1 is 1.29 bits per heavy atom. The Hall–Kier alpha value is -2.56. The third kappa shape index (κ3) is 4.21. The van der Waals surface area contributed by atoms with E-state index in [4.69, 9.17) is 10.5 Å². The van der Waals surface area contributed by atoms with Gasteiger partial charge in [-0.05, 0) is 30.7 Å². The smallest absolute Gasteiger partial charge is 0.227 e. The standard InChI is InChI=1S/C16H17FN2O2/c1-11-6-7-12(17)10-15(11)21-9-8-16(20)19-14-5-3-2-4-13(14)18/h2-7,10H,8-9,18H2,1H3,(H,19,20). The van der Waals surface area contributed by atoms with Crippen molar-refractivity contribution in [2.45, 2.75) is 13.3 Å². The zero-order chi connectivity index (χ0) is 15.2. The minimum Gasteiger partial charge on any atom is -0.493 e. The molecule has 2 aromatic rings. The molecule has 2 aromatic carbocycles. The molecule has 0 bridgehead atoms. The van der Waals surface area contributed by atoms with Gasteiger partial charge < -0.3 is 15.8 Å². The van der Waals surface area contributed by atoms with E-state index < -0.39 is 0 Å². The van der Waals surface area contributed by atoms with Crippen molar-refractivity contribution in [3.63, 3.8) is 0 Å². The maximum atomic E-state index is 13.1. The number of benzene rings is 2. The molecule has 0 spiro atoms. The molecule has 2 rings (SSSR count). The number of para-hydroxylation sites is 2. The molecule has 21 heavy (non-hydrogen) atoms. The van der Waals surface area contributed by atoms with Crippen molar-refractivity contribution >= 4 is 17.3 Å². The number of amides is 1. The van der Waals surface area contributed by atoms with Crippen LogP contribution in [0.5, 0.6) is 5.75 Å². The van der Waals surface area contributed by atoms with E-state index in [1.807, 2.05) is 6.92 Å². The average molecular weight is 288 g/mol. The molecular weight excluding hydrogens is 271 g/mol. The topological polar surface area (TPSA) is 64.3 Å². The third-order valence-electron chi connectivity index (χ3n) is 2.97. The normalized spacial score (nSPS) is 10.2. The Morgan fingerprint density at radius 2 is 2.05 bits per heavy atom. The predicted molar refractivity (Wildman–Crippen MR) is 80.7 cm³/mol. The van der Waals surface area contributed by atoms with Crippen LogP contribution in [0.2, 0.25) is 0 Å². The number of aryl methyl sites for hydroxylation is 1. The summed E-state index contributed by atoms with van der Waals surface area (Å²) in [6.45, 7) is 1.99. The quantitative estimate of drug-likeness (QED) is 0.831. The SMILES string of the molecule is Cc1ccc(F)cc1OCCC(=O)Nc1ccccc1N. The second-order valence-electron chi connectivity index (χ2n) is 4.64. The number of hydrogen-bond acceptors (Lipinski definition) is 3. The first kappa shape index (κ1) is 14.8. The summed E-state index contributed by atoms with van der Waals surface area (Å²) >= 11 is 0. The highest BCUT2D eigenvalue weighted by molar-refractivity contribution is 5.93. The van der Waals surface area contributed by atoms with Crippen LogP contribution < -0.4 is 15.8 Å². The van der Waals surface area contributed by atoms with Crippen LogP contribution in [0.4, 0.5) is 15.8 Å². The van der Waals surface area contributed by atoms with Crippen molar-refractivity contribution in [2.75, 3.05) is 17.7 Å². The van der Waals surface area contributed by atoms with Crippen LogP contribution in [0.15, 0.2) is 42.5 Å². The van der Waals surface area contributed by atoms with Crippen molar-refractivity contribution in [3.05, 3.63) is 53.8 Å². The summed E-state index contributed by atoms with van der Waals surface area (Å²) in [6, 6.07) is 11.3. The Labute approximate surface area is 122 Å². The number of ether oxygens (including phenoxy) is 1. The maximum absolute atomic E-state index is 13.1. The molecule has 0 radical (unpaired) electrons. The van der Waals surface area contributed by atoms with Gasteiger partial charge in [-0.1, -0.05) is 18.2 Å². The minimum absolute atomic E-state index is 0.157. The van der Waals surface area contributed by atoms with Crippen LogP contribution in [0.25, 0.3) is 0 Å².